The third-order valence-electron chi connectivity index (χ3n) is 1.05. The van der Waals surface area contributed by atoms with Crippen LogP contribution in [0.4, 0.5) is 0 Å². The summed E-state index contributed by atoms with van der Waals surface area (Å²) in [6, 6.07) is 0. The summed E-state index contributed by atoms with van der Waals surface area (Å²) in [5.41, 5.74) is 0.0787. The molecule has 1 N–H and O–H groups in total. The lowest BCUT2D eigenvalue weighted by Crippen LogP contribution is -2.08. The Balaban J connectivity index is 4.63. The van der Waals surface area contributed by atoms with Crippen LogP contribution in [0.5, 0.6) is 0 Å². The van der Waals surface area contributed by atoms with Crippen LogP contribution in [-0.2, 0) is 9.53 Å². The lowest BCUT2D eigenvalue weighted by Gasteiger charge is -1.99. The van der Waals surface area contributed by atoms with E-state index in [0.29, 0.717) is 0 Å². The van der Waals surface area contributed by atoms with E-state index in [9.17, 15) is 4.79 Å². The van der Waals surface area contributed by atoms with Gasteiger partial charge in [0, 0.05) is 13.3 Å². The number of carbonyl (C=O) groups is 1. The molecular weight excluding hydrogens is 146 g/mol. The molecule has 4 nitrogen and oxygen atoms in total. The van der Waals surface area contributed by atoms with Gasteiger partial charge in [0.05, 0.1) is 7.11 Å². The molecule has 0 rings (SSSR count). The molecule has 62 valence electrons. The van der Waals surface area contributed by atoms with Gasteiger partial charge in [0.15, 0.2) is 0 Å². The predicted octanol–water partition coefficient (Wildman–Crippen LogP) is 0.692. The second kappa shape index (κ2) is 4.49. The topological polar surface area (TPSA) is 58.9 Å². The fourth-order valence-electron chi connectivity index (χ4n) is 0.533. The van der Waals surface area contributed by atoms with Gasteiger partial charge in [-0.05, 0) is 6.92 Å². The number of aliphatic hydroxyl groups excluding tert-OH is 1. The van der Waals surface area contributed by atoms with Crippen molar-refractivity contribution in [2.45, 2.75) is 6.92 Å². The summed E-state index contributed by atoms with van der Waals surface area (Å²) in [6.07, 6.45) is 1.25. The molecule has 4 heteroatoms. The van der Waals surface area contributed by atoms with Crippen LogP contribution in [0.2, 0.25) is 0 Å². The smallest absolute Gasteiger partial charge is 0.342 e. The second-order valence-electron chi connectivity index (χ2n) is 1.88. The van der Waals surface area contributed by atoms with E-state index in [0.717, 1.165) is 0 Å². The van der Waals surface area contributed by atoms with E-state index in [2.05, 4.69) is 9.73 Å². The van der Waals surface area contributed by atoms with Crippen LogP contribution in [-0.4, -0.2) is 31.4 Å². The van der Waals surface area contributed by atoms with Gasteiger partial charge >= 0.3 is 5.97 Å². The van der Waals surface area contributed by atoms with Crippen molar-refractivity contribution in [3.05, 3.63) is 11.3 Å². The van der Waals surface area contributed by atoms with E-state index < -0.39 is 5.97 Å². The molecule has 0 radical (unpaired) electrons. The second-order valence-corrected chi connectivity index (χ2v) is 1.88. The van der Waals surface area contributed by atoms with Crippen LogP contribution < -0.4 is 0 Å². The highest BCUT2D eigenvalue weighted by Crippen LogP contribution is 1.99. The van der Waals surface area contributed by atoms with Crippen molar-refractivity contribution < 1.29 is 14.6 Å². The molecule has 0 bridgehead atoms. The molecule has 0 heterocycles. The van der Waals surface area contributed by atoms with E-state index >= 15 is 0 Å². The van der Waals surface area contributed by atoms with Gasteiger partial charge in [0.1, 0.15) is 11.3 Å². The maximum atomic E-state index is 10.8. The van der Waals surface area contributed by atoms with Gasteiger partial charge in [-0.25, -0.2) is 4.79 Å². The molecule has 0 saturated heterocycles. The average molecular weight is 157 g/mol. The molecule has 0 amide bonds. The van der Waals surface area contributed by atoms with Crippen LogP contribution in [0.1, 0.15) is 6.92 Å². The largest absolute Gasteiger partial charge is 0.512 e. The maximum absolute atomic E-state index is 10.8. The quantitative estimate of drug-likeness (QED) is 0.277. The Morgan fingerprint density at radius 2 is 2.18 bits per heavy atom. The summed E-state index contributed by atoms with van der Waals surface area (Å²) < 4.78 is 4.38. The molecular formula is C7H11NO3. The minimum Gasteiger partial charge on any atom is -0.512 e. The zero-order valence-corrected chi connectivity index (χ0v) is 6.79. The van der Waals surface area contributed by atoms with Crippen molar-refractivity contribution in [3.63, 3.8) is 0 Å². The first-order valence-corrected chi connectivity index (χ1v) is 3.03. The Hall–Kier alpha value is -1.32. The Kier molecular flexibility index (Phi) is 3.95. The normalized spacial score (nSPS) is 13.0. The van der Waals surface area contributed by atoms with Gasteiger partial charge in [-0.15, -0.1) is 0 Å². The van der Waals surface area contributed by atoms with Crippen LogP contribution >= 0.6 is 0 Å². The summed E-state index contributed by atoms with van der Waals surface area (Å²) in [5, 5.41) is 8.93. The van der Waals surface area contributed by atoms with Crippen molar-refractivity contribution in [1.29, 1.82) is 0 Å². The number of hydrogen-bond acceptors (Lipinski definition) is 4. The molecule has 0 unspecified atom stereocenters. The molecule has 0 saturated carbocycles. The van der Waals surface area contributed by atoms with Crippen molar-refractivity contribution in [1.82, 2.24) is 0 Å². The Labute approximate surface area is 65.2 Å². The first-order valence-electron chi connectivity index (χ1n) is 3.03. The summed E-state index contributed by atoms with van der Waals surface area (Å²) in [7, 11) is 2.75. The Bertz CT molecular complexity index is 202. The number of hydrogen-bond donors (Lipinski definition) is 1. The third-order valence-corrected chi connectivity index (χ3v) is 1.05. The number of methoxy groups -OCH3 is 1. The molecule has 0 spiro atoms. The first kappa shape index (κ1) is 9.68. The van der Waals surface area contributed by atoms with Gasteiger partial charge < -0.3 is 9.84 Å². The number of aliphatic imine (C=N–C) groups is 1. The van der Waals surface area contributed by atoms with Crippen LogP contribution in [0.15, 0.2) is 16.3 Å². The first-order chi connectivity index (χ1) is 5.13. The zero-order chi connectivity index (χ0) is 8.85. The molecule has 11 heavy (non-hydrogen) atoms. The zero-order valence-electron chi connectivity index (χ0n) is 6.79. The highest BCUT2D eigenvalue weighted by Gasteiger charge is 2.09. The van der Waals surface area contributed by atoms with E-state index in [1.54, 1.807) is 0 Å². The molecule has 0 aliphatic heterocycles. The van der Waals surface area contributed by atoms with Gasteiger partial charge in [-0.3, -0.25) is 4.99 Å². The number of esters is 1. The van der Waals surface area contributed by atoms with E-state index in [4.69, 9.17) is 5.11 Å². The number of aliphatic hydroxyl groups is 1. The Morgan fingerprint density at radius 1 is 1.64 bits per heavy atom. The number of nitrogens with zero attached hydrogens (tertiary/aromatic N) is 1. The fraction of sp³-hybridized carbons (Fsp3) is 0.429. The monoisotopic (exact) mass is 157 g/mol. The van der Waals surface area contributed by atoms with Crippen LogP contribution in [0.3, 0.4) is 0 Å². The maximum Gasteiger partial charge on any atom is 0.342 e. The van der Waals surface area contributed by atoms with Crippen molar-refractivity contribution >= 4 is 12.2 Å². The SMILES string of the molecule is CN=C/C(C(=O)OC)=C(/C)O. The lowest BCUT2D eigenvalue weighted by atomic mass is 10.2. The van der Waals surface area contributed by atoms with Crippen molar-refractivity contribution in [3.8, 4) is 0 Å². The summed E-state index contributed by atoms with van der Waals surface area (Å²) in [6.45, 7) is 1.40. The highest BCUT2D eigenvalue weighted by molar-refractivity contribution is 6.09. The molecule has 0 aromatic rings. The van der Waals surface area contributed by atoms with Gasteiger partial charge in [-0.2, -0.15) is 0 Å². The lowest BCUT2D eigenvalue weighted by molar-refractivity contribution is -0.135. The standard InChI is InChI=1S/C7H11NO3/c1-5(9)6(4-8-2)7(10)11-3/h4,9H,1-3H3/b6-5+,8-4?. The van der Waals surface area contributed by atoms with E-state index in [1.165, 1.54) is 27.3 Å². The molecule has 0 fully saturated rings. The van der Waals surface area contributed by atoms with Gasteiger partial charge in [0.25, 0.3) is 0 Å². The molecule has 0 aliphatic carbocycles. The van der Waals surface area contributed by atoms with Crippen molar-refractivity contribution in [2.75, 3.05) is 14.2 Å². The predicted molar refractivity (Wildman–Crippen MR) is 41.8 cm³/mol. The highest BCUT2D eigenvalue weighted by atomic mass is 16.5. The number of carbonyl (C=O) groups excluding carboxylic acids is 1. The number of rotatable bonds is 2. The van der Waals surface area contributed by atoms with Gasteiger partial charge in [0.2, 0.25) is 0 Å². The molecule has 0 aliphatic rings. The average Bonchev–Trinajstić information content (AvgIpc) is 1.98. The number of ether oxygens (including phenoxy) is 1. The van der Waals surface area contributed by atoms with Crippen molar-refractivity contribution in [2.24, 2.45) is 4.99 Å². The minimum atomic E-state index is -0.587. The molecule has 0 aromatic carbocycles. The van der Waals surface area contributed by atoms with Crippen LogP contribution in [0.25, 0.3) is 0 Å². The summed E-state index contributed by atoms with van der Waals surface area (Å²) in [4.78, 5) is 14.4. The van der Waals surface area contributed by atoms with E-state index in [1.807, 2.05) is 0 Å². The Morgan fingerprint density at radius 3 is 2.45 bits per heavy atom. The fourth-order valence-corrected chi connectivity index (χ4v) is 0.533. The van der Waals surface area contributed by atoms with Gasteiger partial charge in [-0.1, -0.05) is 0 Å². The summed E-state index contributed by atoms with van der Waals surface area (Å²) >= 11 is 0. The third kappa shape index (κ3) is 2.84. The summed E-state index contributed by atoms with van der Waals surface area (Å²) in [5.74, 6) is -0.682. The van der Waals surface area contributed by atoms with Crippen LogP contribution in [0, 0.1) is 0 Å². The number of allylic oxidation sites excluding steroid dienone is 1. The molecule has 0 aromatic heterocycles. The van der Waals surface area contributed by atoms with E-state index in [-0.39, 0.29) is 11.3 Å². The minimum absolute atomic E-state index is 0.0787. The molecule has 0 atom stereocenters.